The van der Waals surface area contributed by atoms with Crippen molar-refractivity contribution in [3.8, 4) is 5.75 Å². The highest BCUT2D eigenvalue weighted by atomic mass is 16.7. The lowest BCUT2D eigenvalue weighted by atomic mass is 10.1. The summed E-state index contributed by atoms with van der Waals surface area (Å²) in [4.78, 5) is 25.9. The van der Waals surface area contributed by atoms with Gasteiger partial charge in [0, 0.05) is 18.7 Å². The van der Waals surface area contributed by atoms with Crippen LogP contribution in [-0.4, -0.2) is 61.4 Å². The maximum Gasteiger partial charge on any atom is 0.262 e. The Labute approximate surface area is 146 Å². The molecule has 1 aliphatic rings. The van der Waals surface area contributed by atoms with Gasteiger partial charge in [0.05, 0.1) is 19.8 Å². The van der Waals surface area contributed by atoms with Crippen molar-refractivity contribution < 1.29 is 28.9 Å². The number of amides is 1. The zero-order valence-corrected chi connectivity index (χ0v) is 14.7. The van der Waals surface area contributed by atoms with Gasteiger partial charge in [-0.25, -0.2) is 0 Å². The maximum atomic E-state index is 12.4. The molecule has 1 saturated heterocycles. The fourth-order valence-corrected chi connectivity index (χ4v) is 2.41. The molecule has 0 saturated carbocycles. The molecule has 136 valence electrons. The molecule has 1 fully saturated rings. The third-order valence-electron chi connectivity index (χ3n) is 3.78. The van der Waals surface area contributed by atoms with Gasteiger partial charge in [-0.3, -0.25) is 9.59 Å². The minimum absolute atomic E-state index is 0.0145. The van der Waals surface area contributed by atoms with E-state index in [4.69, 9.17) is 14.2 Å². The first-order chi connectivity index (χ1) is 12.0. The van der Waals surface area contributed by atoms with Gasteiger partial charge < -0.3 is 24.2 Å². The van der Waals surface area contributed by atoms with Crippen LogP contribution in [0.4, 0.5) is 0 Å². The third-order valence-corrected chi connectivity index (χ3v) is 3.78. The SMILES string of the molecule is COCCOCOc1cccc(/C(O)=C2/C(=O)CN(C(C)C)C2=O)c1. The van der Waals surface area contributed by atoms with Crippen molar-refractivity contribution in [2.24, 2.45) is 0 Å². The molecular formula is C18H23NO6. The van der Waals surface area contributed by atoms with Gasteiger partial charge in [-0.15, -0.1) is 0 Å². The second kappa shape index (κ2) is 8.64. The van der Waals surface area contributed by atoms with Gasteiger partial charge in [0.1, 0.15) is 17.1 Å². The van der Waals surface area contributed by atoms with Crippen molar-refractivity contribution in [3.05, 3.63) is 35.4 Å². The van der Waals surface area contributed by atoms with E-state index in [0.29, 0.717) is 24.5 Å². The van der Waals surface area contributed by atoms with Crippen LogP contribution in [0.15, 0.2) is 29.8 Å². The van der Waals surface area contributed by atoms with Crippen molar-refractivity contribution in [1.82, 2.24) is 4.90 Å². The number of ether oxygens (including phenoxy) is 3. The number of aliphatic hydroxyl groups is 1. The van der Waals surface area contributed by atoms with E-state index in [0.717, 1.165) is 0 Å². The Balaban J connectivity index is 2.14. The van der Waals surface area contributed by atoms with Crippen molar-refractivity contribution in [2.75, 3.05) is 33.7 Å². The van der Waals surface area contributed by atoms with Crippen molar-refractivity contribution in [2.45, 2.75) is 19.9 Å². The quantitative estimate of drug-likeness (QED) is 0.253. The first kappa shape index (κ1) is 19.0. The molecule has 25 heavy (non-hydrogen) atoms. The predicted octanol–water partition coefficient (Wildman–Crippen LogP) is 1.77. The molecule has 0 aliphatic carbocycles. The summed E-state index contributed by atoms with van der Waals surface area (Å²) in [5, 5.41) is 10.4. The van der Waals surface area contributed by atoms with E-state index in [1.54, 1.807) is 31.4 Å². The summed E-state index contributed by atoms with van der Waals surface area (Å²) in [6, 6.07) is 6.42. The molecule has 1 N–H and O–H groups in total. The van der Waals surface area contributed by atoms with E-state index in [1.807, 2.05) is 13.8 Å². The second-order valence-electron chi connectivity index (χ2n) is 5.86. The normalized spacial score (nSPS) is 16.7. The van der Waals surface area contributed by atoms with Crippen LogP contribution in [0.5, 0.6) is 5.75 Å². The number of methoxy groups -OCH3 is 1. The first-order valence-electron chi connectivity index (χ1n) is 8.03. The highest BCUT2D eigenvalue weighted by molar-refractivity contribution is 6.28. The maximum absolute atomic E-state index is 12.4. The van der Waals surface area contributed by atoms with E-state index in [-0.39, 0.29) is 36.5 Å². The number of nitrogens with zero attached hydrogens (tertiary/aromatic N) is 1. The Bertz CT molecular complexity index is 667. The summed E-state index contributed by atoms with van der Waals surface area (Å²) in [6.07, 6.45) is 0. The van der Waals surface area contributed by atoms with E-state index in [1.165, 1.54) is 4.90 Å². The lowest BCUT2D eigenvalue weighted by Gasteiger charge is -2.18. The molecule has 0 bridgehead atoms. The van der Waals surface area contributed by atoms with E-state index in [9.17, 15) is 14.7 Å². The van der Waals surface area contributed by atoms with Gasteiger partial charge in [0.15, 0.2) is 12.6 Å². The Hall–Kier alpha value is -2.38. The molecule has 0 atom stereocenters. The lowest BCUT2D eigenvalue weighted by molar-refractivity contribution is -0.126. The van der Waals surface area contributed by atoms with Crippen LogP contribution in [0, 0.1) is 0 Å². The minimum Gasteiger partial charge on any atom is -0.506 e. The monoisotopic (exact) mass is 349 g/mol. The number of ketones is 1. The molecule has 1 aromatic carbocycles. The van der Waals surface area contributed by atoms with Gasteiger partial charge in [-0.2, -0.15) is 0 Å². The standard InChI is InChI=1S/C18H23NO6/c1-12(2)19-10-15(20)16(18(19)22)17(21)13-5-4-6-14(9-13)25-11-24-8-7-23-3/h4-6,9,12,21H,7-8,10-11H2,1-3H3/b17-16+. The first-order valence-corrected chi connectivity index (χ1v) is 8.03. The zero-order valence-electron chi connectivity index (χ0n) is 14.7. The van der Waals surface area contributed by atoms with Gasteiger partial charge >= 0.3 is 0 Å². The lowest BCUT2D eigenvalue weighted by Crippen LogP contribution is -2.32. The molecule has 7 nitrogen and oxygen atoms in total. The van der Waals surface area contributed by atoms with Crippen LogP contribution in [0.1, 0.15) is 19.4 Å². The number of carbonyl (C=O) groups excluding carboxylic acids is 2. The average Bonchev–Trinajstić information content (AvgIpc) is 2.89. The van der Waals surface area contributed by atoms with E-state index in [2.05, 4.69) is 0 Å². The van der Waals surface area contributed by atoms with Crippen molar-refractivity contribution >= 4 is 17.4 Å². The number of rotatable bonds is 8. The molecule has 7 heteroatoms. The Morgan fingerprint density at radius 1 is 1.28 bits per heavy atom. The fourth-order valence-electron chi connectivity index (χ4n) is 2.41. The Morgan fingerprint density at radius 3 is 2.68 bits per heavy atom. The number of likely N-dealkylation sites (tertiary alicyclic amines) is 1. The third kappa shape index (κ3) is 4.58. The number of carbonyl (C=O) groups is 2. The molecule has 0 radical (unpaired) electrons. The van der Waals surface area contributed by atoms with Gasteiger partial charge in [-0.05, 0) is 26.0 Å². The van der Waals surface area contributed by atoms with Crippen LogP contribution >= 0.6 is 0 Å². The van der Waals surface area contributed by atoms with Gasteiger partial charge in [-0.1, -0.05) is 12.1 Å². The second-order valence-corrected chi connectivity index (χ2v) is 5.86. The molecule has 1 heterocycles. The van der Waals surface area contributed by atoms with Crippen molar-refractivity contribution in [1.29, 1.82) is 0 Å². The summed E-state index contributed by atoms with van der Waals surface area (Å²) >= 11 is 0. The number of hydrogen-bond acceptors (Lipinski definition) is 6. The van der Waals surface area contributed by atoms with Crippen molar-refractivity contribution in [3.63, 3.8) is 0 Å². The Morgan fingerprint density at radius 2 is 2.04 bits per heavy atom. The van der Waals surface area contributed by atoms with E-state index >= 15 is 0 Å². The van der Waals surface area contributed by atoms with E-state index < -0.39 is 5.91 Å². The largest absolute Gasteiger partial charge is 0.506 e. The number of benzene rings is 1. The summed E-state index contributed by atoms with van der Waals surface area (Å²) in [5.74, 6) is -0.707. The molecule has 1 amide bonds. The average molecular weight is 349 g/mol. The molecule has 1 aliphatic heterocycles. The molecule has 1 aromatic rings. The summed E-state index contributed by atoms with van der Waals surface area (Å²) in [6.45, 7) is 4.53. The van der Waals surface area contributed by atoms with Crippen LogP contribution < -0.4 is 4.74 Å². The van der Waals surface area contributed by atoms with Crippen LogP contribution in [0.25, 0.3) is 5.76 Å². The summed E-state index contributed by atoms with van der Waals surface area (Å²) in [5.41, 5.74) is 0.166. The van der Waals surface area contributed by atoms with Crippen LogP contribution in [-0.2, 0) is 19.1 Å². The fraction of sp³-hybridized carbons (Fsp3) is 0.444. The van der Waals surface area contributed by atoms with Crippen LogP contribution in [0.2, 0.25) is 0 Å². The molecule has 0 spiro atoms. The predicted molar refractivity (Wildman–Crippen MR) is 91.2 cm³/mol. The van der Waals surface area contributed by atoms with Gasteiger partial charge in [0.25, 0.3) is 5.91 Å². The minimum atomic E-state index is -0.452. The topological polar surface area (TPSA) is 85.3 Å². The number of Topliss-reactive ketones (excluding diaryl/α,β-unsaturated/α-hetero) is 1. The highest BCUT2D eigenvalue weighted by Crippen LogP contribution is 2.26. The van der Waals surface area contributed by atoms with Gasteiger partial charge in [0.2, 0.25) is 0 Å². The molecule has 0 aromatic heterocycles. The van der Waals surface area contributed by atoms with Crippen LogP contribution in [0.3, 0.4) is 0 Å². The number of hydrogen-bond donors (Lipinski definition) is 1. The summed E-state index contributed by atoms with van der Waals surface area (Å²) in [7, 11) is 1.58. The summed E-state index contributed by atoms with van der Waals surface area (Å²) < 4.78 is 15.5. The Kier molecular flexibility index (Phi) is 6.55. The smallest absolute Gasteiger partial charge is 0.262 e. The molecule has 2 rings (SSSR count). The number of aliphatic hydroxyl groups excluding tert-OH is 1. The zero-order chi connectivity index (χ0) is 18.4. The molecule has 0 unspecified atom stereocenters. The highest BCUT2D eigenvalue weighted by Gasteiger charge is 2.38. The molecular weight excluding hydrogens is 326 g/mol.